The highest BCUT2D eigenvalue weighted by atomic mass is 16.1. The molecular weight excluding hydrogens is 254 g/mol. The maximum absolute atomic E-state index is 12.2. The Bertz CT molecular complexity index is 789. The molecule has 0 spiro atoms. The molecule has 3 aromatic rings. The van der Waals surface area contributed by atoms with E-state index in [4.69, 9.17) is 5.73 Å². The van der Waals surface area contributed by atoms with Gasteiger partial charge in [-0.2, -0.15) is 10.2 Å². The van der Waals surface area contributed by atoms with Gasteiger partial charge in [-0.3, -0.25) is 9.48 Å². The summed E-state index contributed by atoms with van der Waals surface area (Å²) in [4.78, 5) is 12.2. The number of anilines is 1. The predicted molar refractivity (Wildman–Crippen MR) is 77.3 cm³/mol. The minimum atomic E-state index is -0.0527. The van der Waals surface area contributed by atoms with Crippen LogP contribution in [-0.4, -0.2) is 19.6 Å². The van der Waals surface area contributed by atoms with Gasteiger partial charge in [-0.15, -0.1) is 0 Å². The van der Waals surface area contributed by atoms with Gasteiger partial charge in [-0.25, -0.2) is 4.68 Å². The fourth-order valence-corrected chi connectivity index (χ4v) is 2.17. The van der Waals surface area contributed by atoms with Gasteiger partial charge in [0.05, 0.1) is 11.6 Å². The van der Waals surface area contributed by atoms with E-state index in [-0.39, 0.29) is 5.56 Å². The zero-order valence-electron chi connectivity index (χ0n) is 10.9. The molecule has 0 aliphatic carbocycles. The maximum atomic E-state index is 12.2. The number of aryl methyl sites for hydroxylation is 2. The summed E-state index contributed by atoms with van der Waals surface area (Å²) in [6, 6.07) is 9.22. The van der Waals surface area contributed by atoms with Gasteiger partial charge in [-0.05, 0) is 18.6 Å². The second kappa shape index (κ2) is 5.16. The third kappa shape index (κ3) is 2.40. The molecule has 0 saturated carbocycles. The SMILES string of the molecule is Nc1ccn(CCCn2ncc3ccccc3c2=O)n1. The molecule has 0 bridgehead atoms. The van der Waals surface area contributed by atoms with Crippen LogP contribution in [0.3, 0.4) is 0 Å². The van der Waals surface area contributed by atoms with E-state index < -0.39 is 0 Å². The molecule has 6 heteroatoms. The topological polar surface area (TPSA) is 78.7 Å². The number of hydrogen-bond donors (Lipinski definition) is 1. The van der Waals surface area contributed by atoms with E-state index in [1.165, 1.54) is 4.68 Å². The highest BCUT2D eigenvalue weighted by Gasteiger charge is 2.03. The number of nitrogens with two attached hydrogens (primary N) is 1. The molecule has 0 saturated heterocycles. The Morgan fingerprint density at radius 1 is 1.15 bits per heavy atom. The van der Waals surface area contributed by atoms with Crippen LogP contribution in [0, 0.1) is 0 Å². The van der Waals surface area contributed by atoms with E-state index in [1.807, 2.05) is 30.5 Å². The number of benzene rings is 1. The van der Waals surface area contributed by atoms with E-state index in [9.17, 15) is 4.79 Å². The fraction of sp³-hybridized carbons (Fsp3) is 0.214. The van der Waals surface area contributed by atoms with Crippen LogP contribution in [0.1, 0.15) is 6.42 Å². The van der Waals surface area contributed by atoms with Crippen molar-refractivity contribution in [1.82, 2.24) is 19.6 Å². The van der Waals surface area contributed by atoms with E-state index in [2.05, 4.69) is 10.2 Å². The quantitative estimate of drug-likeness (QED) is 0.773. The van der Waals surface area contributed by atoms with Crippen molar-refractivity contribution in [3.05, 3.63) is 53.1 Å². The lowest BCUT2D eigenvalue weighted by Crippen LogP contribution is -2.23. The van der Waals surface area contributed by atoms with Crippen LogP contribution < -0.4 is 11.3 Å². The highest BCUT2D eigenvalue weighted by molar-refractivity contribution is 5.80. The van der Waals surface area contributed by atoms with Gasteiger partial charge >= 0.3 is 0 Å². The number of hydrogen-bond acceptors (Lipinski definition) is 4. The largest absolute Gasteiger partial charge is 0.382 e. The summed E-state index contributed by atoms with van der Waals surface area (Å²) in [5.74, 6) is 0.506. The summed E-state index contributed by atoms with van der Waals surface area (Å²) in [6.45, 7) is 1.27. The van der Waals surface area contributed by atoms with Crippen LogP contribution in [0.4, 0.5) is 5.82 Å². The van der Waals surface area contributed by atoms with Crippen LogP contribution in [0.5, 0.6) is 0 Å². The third-order valence-corrected chi connectivity index (χ3v) is 3.18. The monoisotopic (exact) mass is 269 g/mol. The number of rotatable bonds is 4. The normalized spacial score (nSPS) is 11.0. The molecule has 2 N–H and O–H groups in total. The van der Waals surface area contributed by atoms with E-state index >= 15 is 0 Å². The molecule has 3 rings (SSSR count). The Hall–Kier alpha value is -2.63. The lowest BCUT2D eigenvalue weighted by Gasteiger charge is -2.06. The molecule has 0 atom stereocenters. The molecule has 102 valence electrons. The summed E-state index contributed by atoms with van der Waals surface area (Å²) in [6.07, 6.45) is 4.32. The van der Waals surface area contributed by atoms with Crippen molar-refractivity contribution < 1.29 is 0 Å². The van der Waals surface area contributed by atoms with Gasteiger partial charge in [-0.1, -0.05) is 18.2 Å². The Balaban J connectivity index is 1.74. The Labute approximate surface area is 115 Å². The first kappa shape index (κ1) is 12.4. The molecular formula is C14H15N5O. The molecule has 0 aliphatic rings. The van der Waals surface area contributed by atoms with Crippen LogP contribution in [0.25, 0.3) is 10.8 Å². The lowest BCUT2D eigenvalue weighted by molar-refractivity contribution is 0.489. The summed E-state index contributed by atoms with van der Waals surface area (Å²) in [5, 5.41) is 9.86. The van der Waals surface area contributed by atoms with Crippen molar-refractivity contribution in [2.75, 3.05) is 5.73 Å². The summed E-state index contributed by atoms with van der Waals surface area (Å²) >= 11 is 0. The molecule has 1 aromatic carbocycles. The minimum Gasteiger partial charge on any atom is -0.382 e. The molecule has 0 unspecified atom stereocenters. The van der Waals surface area contributed by atoms with Crippen LogP contribution in [0.15, 0.2) is 47.5 Å². The van der Waals surface area contributed by atoms with E-state index in [1.54, 1.807) is 16.9 Å². The standard InChI is InChI=1S/C14H15N5O/c15-13-6-9-18(17-13)7-3-8-19-14(20)12-5-2-1-4-11(12)10-16-19/h1-2,4-6,9-10H,3,7-8H2,(H2,15,17). The van der Waals surface area contributed by atoms with Crippen LogP contribution in [-0.2, 0) is 13.1 Å². The Morgan fingerprint density at radius 3 is 2.80 bits per heavy atom. The summed E-state index contributed by atoms with van der Waals surface area (Å²) < 4.78 is 3.26. The summed E-state index contributed by atoms with van der Waals surface area (Å²) in [5.41, 5.74) is 5.50. The summed E-state index contributed by atoms with van der Waals surface area (Å²) in [7, 11) is 0. The Kier molecular flexibility index (Phi) is 3.20. The first-order valence-electron chi connectivity index (χ1n) is 6.48. The average molecular weight is 269 g/mol. The molecule has 0 fully saturated rings. The van der Waals surface area contributed by atoms with Crippen molar-refractivity contribution in [2.45, 2.75) is 19.5 Å². The zero-order valence-corrected chi connectivity index (χ0v) is 10.9. The molecule has 6 nitrogen and oxygen atoms in total. The first-order chi connectivity index (χ1) is 9.74. The van der Waals surface area contributed by atoms with Gasteiger partial charge in [0.15, 0.2) is 0 Å². The van der Waals surface area contributed by atoms with Crippen LogP contribution in [0.2, 0.25) is 0 Å². The maximum Gasteiger partial charge on any atom is 0.274 e. The van der Waals surface area contributed by atoms with Gasteiger partial charge in [0.25, 0.3) is 5.56 Å². The van der Waals surface area contributed by atoms with Gasteiger partial charge in [0, 0.05) is 24.7 Å². The Morgan fingerprint density at radius 2 is 2.00 bits per heavy atom. The van der Waals surface area contributed by atoms with Crippen molar-refractivity contribution in [3.8, 4) is 0 Å². The number of nitrogen functional groups attached to an aromatic ring is 1. The van der Waals surface area contributed by atoms with Gasteiger partial charge < -0.3 is 5.73 Å². The first-order valence-corrected chi connectivity index (χ1v) is 6.48. The molecule has 2 aromatic heterocycles. The van der Waals surface area contributed by atoms with E-state index in [0.717, 1.165) is 11.8 Å². The third-order valence-electron chi connectivity index (χ3n) is 3.18. The second-order valence-electron chi connectivity index (χ2n) is 4.62. The fourth-order valence-electron chi connectivity index (χ4n) is 2.17. The molecule has 0 amide bonds. The van der Waals surface area contributed by atoms with Crippen molar-refractivity contribution >= 4 is 16.6 Å². The van der Waals surface area contributed by atoms with Crippen molar-refractivity contribution in [2.24, 2.45) is 0 Å². The van der Waals surface area contributed by atoms with Crippen LogP contribution >= 0.6 is 0 Å². The molecule has 0 radical (unpaired) electrons. The molecule has 2 heterocycles. The average Bonchev–Trinajstić information content (AvgIpc) is 2.87. The number of nitrogens with zero attached hydrogens (tertiary/aromatic N) is 4. The highest BCUT2D eigenvalue weighted by Crippen LogP contribution is 2.06. The molecule has 0 aliphatic heterocycles. The minimum absolute atomic E-state index is 0.0527. The lowest BCUT2D eigenvalue weighted by atomic mass is 10.2. The predicted octanol–water partition coefficient (Wildman–Crippen LogP) is 1.27. The molecule has 20 heavy (non-hydrogen) atoms. The van der Waals surface area contributed by atoms with Gasteiger partial charge in [0.1, 0.15) is 5.82 Å². The number of aromatic nitrogens is 4. The van der Waals surface area contributed by atoms with Crippen molar-refractivity contribution in [1.29, 1.82) is 0 Å². The second-order valence-corrected chi connectivity index (χ2v) is 4.62. The number of fused-ring (bicyclic) bond motifs is 1. The zero-order chi connectivity index (χ0) is 13.9. The van der Waals surface area contributed by atoms with Gasteiger partial charge in [0.2, 0.25) is 0 Å². The smallest absolute Gasteiger partial charge is 0.274 e. The van der Waals surface area contributed by atoms with E-state index in [0.29, 0.717) is 24.3 Å². The van der Waals surface area contributed by atoms with Crippen molar-refractivity contribution in [3.63, 3.8) is 0 Å².